The Morgan fingerprint density at radius 1 is 0.551 bits per heavy atom. The Labute approximate surface area is 804 Å². The standard InChI is InChI=1S/C90H130N16O21.C7H14N2O2/c1-50(2)42-61-47-72(111)66(36-38-73(91)112)99-79(118)55(8)96-82(121)71(46-62-48-92-65-31-25-24-30-64(62)65)101-83(122)69(45-60-32-34-63(110)35-33-60)100-81(120)67(37-39-74(113)114)103-88(127)90(13,106-85(124)70(44-59-28-22-21-23-29-59)102-86(125)75(57(10)108)104-84(123)68(43-51(3)4)98-58(11)109)41-27-20-18-16-14-15-17-19-26-40-89(12,105-80(61)119)87(126)97-56(9)78(117)95-54(7)77(116)94-53(6)76(115)93-52(5)49-107;1-4(7(9)11)3-6(10)5(2)8/h15,17,21-25,28-35,48-57,61,66-71,75,92,108,110H,14,16,18-20,26-27,36-47H2,1-13H3,(H2,91,112)(H,93,115)(H,94,116)(H,95,117)(H,96,121)(H,97,126)(H,98,109)(H,99,118)(H,100,120)(H,101,122)(H,102,125)(H,103,127)(H,104,123)(H,105,119)(H,106,124)(H,113,114);4-5H,3,8H2,1-2H3,(H2,9,11)/b17-15+;/t52-,53-,54-,55-,56-,57+,61+,66-,67-,68-,69-,70-,71-,75-,89-,90+;4-,5+/m00/s1. The zero-order valence-corrected chi connectivity index (χ0v) is 81.6. The summed E-state index contributed by atoms with van der Waals surface area (Å²) in [6.45, 7) is 22.3. The molecule has 1 aromatic heterocycles. The van der Waals surface area contributed by atoms with Crippen LogP contribution in [-0.2, 0) is 115 Å². The van der Waals surface area contributed by atoms with Crippen molar-refractivity contribution in [3.05, 3.63) is 114 Å². The van der Waals surface area contributed by atoms with E-state index in [1.165, 1.54) is 86.6 Å². The number of aromatic hydroxyl groups is 1. The molecule has 2 heterocycles. The van der Waals surface area contributed by atoms with Crippen molar-refractivity contribution < 1.29 is 111 Å². The van der Waals surface area contributed by atoms with Crippen LogP contribution in [0.4, 0.5) is 0 Å². The van der Waals surface area contributed by atoms with E-state index in [0.29, 0.717) is 66.0 Å². The zero-order chi connectivity index (χ0) is 104. The number of aliphatic carboxylic acids is 1. The molecule has 1 aliphatic rings. The Balaban J connectivity index is 0.00000338. The number of H-pyrrole nitrogens is 1. The number of ketones is 2. The van der Waals surface area contributed by atoms with Crippen molar-refractivity contribution in [1.29, 1.82) is 0 Å². The molecule has 0 saturated heterocycles. The van der Waals surface area contributed by atoms with Crippen LogP contribution in [0.3, 0.4) is 0 Å². The molecule has 1 aliphatic heterocycles. The first-order valence-electron chi connectivity index (χ1n) is 46.8. The van der Waals surface area contributed by atoms with Gasteiger partial charge in [0.15, 0.2) is 5.78 Å². The SMILES string of the molecule is CC(=O)N[C@@H](CC(C)C)C(=O)N[C@H](C(=O)N[C@@H](Cc1ccccc1)C(=O)N[C@]1(C)CCCCCC/C=C/CCC[C@@](C)(C(=O)N[C@@H](C)C(=O)N[C@@H](C)C(=O)N[C@@H](C)C(=O)N[C@@H](C)C=O)NC(=O)[C@H](CC(C)C)CC(=O)[C@H](CCC(N)=O)NC(=O)[C@H](C)NC(=O)[C@H](Cc2c[nH]c3ccccc23)NC(=O)[C@H](Cc2ccc(O)cc2)NC(=O)[C@H](CCC(=O)O)NC1=O)[C@@H](C)O.C[C@@H](N)C(=O)C[C@H](C)C(N)=O. The molecule has 0 fully saturated rings. The fourth-order valence-corrected chi connectivity index (χ4v) is 15.0. The van der Waals surface area contributed by atoms with Crippen LogP contribution >= 0.6 is 0 Å². The van der Waals surface area contributed by atoms with Crippen LogP contribution in [-0.4, -0.2) is 234 Å². The summed E-state index contributed by atoms with van der Waals surface area (Å²) in [6.07, 6.45) is 3.27. The summed E-state index contributed by atoms with van der Waals surface area (Å²) in [5.74, 6) is -18.3. The third kappa shape index (κ3) is 40.9. The minimum absolute atomic E-state index is 0.0343. The van der Waals surface area contributed by atoms with E-state index >= 15 is 24.0 Å². The maximum absolute atomic E-state index is 15.5. The molecule has 18 atom stereocenters. The Morgan fingerprint density at radius 3 is 1.68 bits per heavy atom. The van der Waals surface area contributed by atoms with Gasteiger partial charge in [0.2, 0.25) is 94.5 Å². The van der Waals surface area contributed by atoms with Gasteiger partial charge in [0.25, 0.3) is 0 Å². The van der Waals surface area contributed by atoms with E-state index < -0.39 is 246 Å². The summed E-state index contributed by atoms with van der Waals surface area (Å²) >= 11 is 0. The summed E-state index contributed by atoms with van der Waals surface area (Å²) in [4.78, 5) is 277. The molecule has 0 unspecified atom stereocenters. The van der Waals surface area contributed by atoms with Gasteiger partial charge in [-0.3, -0.25) is 91.1 Å². The molecule has 0 aliphatic carbocycles. The fraction of sp³-hybridized carbons (Fsp3) is 0.567. The molecular weight excluding hydrogens is 1790 g/mol. The van der Waals surface area contributed by atoms with Gasteiger partial charge in [0.1, 0.15) is 89.3 Å². The van der Waals surface area contributed by atoms with Gasteiger partial charge in [-0.2, -0.15) is 0 Å². The molecule has 0 saturated carbocycles. The lowest BCUT2D eigenvalue weighted by molar-refractivity contribution is -0.140. The van der Waals surface area contributed by atoms with Gasteiger partial charge < -0.3 is 117 Å². The van der Waals surface area contributed by atoms with E-state index in [2.05, 4.69) is 79.4 Å². The molecule has 138 heavy (non-hydrogen) atoms. The third-order valence-corrected chi connectivity index (χ3v) is 23.2. The van der Waals surface area contributed by atoms with Gasteiger partial charge in [0, 0.05) is 80.8 Å². The van der Waals surface area contributed by atoms with Crippen LogP contribution in [0.25, 0.3) is 10.9 Å². The van der Waals surface area contributed by atoms with Gasteiger partial charge in [-0.05, 0) is 173 Å². The normalized spacial score (nSPS) is 21.8. The number of amides is 16. The number of primary amides is 2. The maximum Gasteiger partial charge on any atom is 0.303 e. The van der Waals surface area contributed by atoms with Crippen LogP contribution in [0.2, 0.25) is 0 Å². The summed E-state index contributed by atoms with van der Waals surface area (Å²) in [7, 11) is 0. The first-order chi connectivity index (χ1) is 64.8. The largest absolute Gasteiger partial charge is 0.508 e. The van der Waals surface area contributed by atoms with Crippen LogP contribution in [0.1, 0.15) is 230 Å². The van der Waals surface area contributed by atoms with Crippen LogP contribution in [0.15, 0.2) is 97.2 Å². The highest BCUT2D eigenvalue weighted by atomic mass is 16.4. The second-order valence-corrected chi connectivity index (χ2v) is 37.0. The van der Waals surface area contributed by atoms with Crippen LogP contribution in [0.5, 0.6) is 5.75 Å². The molecule has 24 N–H and O–H groups in total. The van der Waals surface area contributed by atoms with E-state index in [-0.39, 0.29) is 87.6 Å². The number of carbonyl (C=O) groups is 20. The number of aromatic amines is 1. The monoisotopic (exact) mass is 1930 g/mol. The number of carboxylic acids is 1. The number of phenols is 1. The van der Waals surface area contributed by atoms with Gasteiger partial charge in [-0.15, -0.1) is 0 Å². The number of nitrogens with one attached hydrogen (secondary N) is 15. The minimum atomic E-state index is -2.06. The van der Waals surface area contributed by atoms with E-state index in [9.17, 15) is 87.2 Å². The number of phenolic OH excluding ortho intramolecular Hbond substituents is 1. The zero-order valence-electron chi connectivity index (χ0n) is 81.6. The number of aldehydes is 1. The summed E-state index contributed by atoms with van der Waals surface area (Å²) in [5, 5.41) is 68.9. The molecule has 41 heteroatoms. The van der Waals surface area contributed by atoms with Crippen molar-refractivity contribution in [2.75, 3.05) is 0 Å². The average molecular weight is 1930 g/mol. The van der Waals surface area contributed by atoms with E-state index in [1.807, 2.05) is 12.2 Å². The number of allylic oxidation sites excluding steroid dienone is 2. The van der Waals surface area contributed by atoms with Crippen molar-refractivity contribution in [1.82, 2.24) is 79.4 Å². The highest BCUT2D eigenvalue weighted by Gasteiger charge is 2.44. The lowest BCUT2D eigenvalue weighted by atomic mass is 9.86. The lowest BCUT2D eigenvalue weighted by Crippen LogP contribution is -2.65. The molecule has 16 amide bonds. The Bertz CT molecular complexity index is 4890. The van der Waals surface area contributed by atoms with E-state index in [1.54, 1.807) is 102 Å². The number of aliphatic hydroxyl groups excluding tert-OH is 1. The number of nitrogens with two attached hydrogens (primary N) is 3. The van der Waals surface area contributed by atoms with Crippen LogP contribution < -0.4 is 91.6 Å². The number of benzene rings is 3. The third-order valence-electron chi connectivity index (χ3n) is 23.2. The van der Waals surface area contributed by atoms with Crippen molar-refractivity contribution >= 4 is 129 Å². The van der Waals surface area contributed by atoms with Crippen LogP contribution in [0, 0.1) is 23.7 Å². The number of hydrogen-bond donors (Lipinski definition) is 21. The molecular formula is C97H144N18O23. The van der Waals surface area contributed by atoms with Crippen molar-refractivity contribution in [3.63, 3.8) is 0 Å². The predicted molar refractivity (Wildman–Crippen MR) is 512 cm³/mol. The number of aliphatic hydroxyl groups is 1. The average Bonchev–Trinajstić information content (AvgIpc) is 1.63. The molecule has 0 spiro atoms. The topological polar surface area (TPSA) is 664 Å². The second kappa shape index (κ2) is 57.6. The number of carboxylic acid groups (broad SMARTS) is 1. The van der Waals surface area contributed by atoms with Gasteiger partial charge in [-0.25, -0.2) is 0 Å². The van der Waals surface area contributed by atoms with Crippen molar-refractivity contribution in [2.45, 2.75) is 328 Å². The first kappa shape index (κ1) is 117. The molecule has 5 rings (SSSR count). The number of fused-ring (bicyclic) bond motifs is 1. The number of Topliss-reactive ketones (excluding diaryl/α,β-unsaturated/α-hetero) is 2. The first-order valence-corrected chi connectivity index (χ1v) is 46.8. The second-order valence-electron chi connectivity index (χ2n) is 37.0. The predicted octanol–water partition coefficient (Wildman–Crippen LogP) is 1.46. The summed E-state index contributed by atoms with van der Waals surface area (Å²) < 4.78 is 0. The minimum Gasteiger partial charge on any atom is -0.508 e. The highest BCUT2D eigenvalue weighted by molar-refractivity contribution is 6.02. The molecule has 4 aromatic rings. The quantitative estimate of drug-likeness (QED) is 0.0224. The van der Waals surface area contributed by atoms with Crippen molar-refractivity contribution in [2.24, 2.45) is 40.9 Å². The number of aromatic nitrogens is 1. The molecule has 41 nitrogen and oxygen atoms in total. The molecule has 0 bridgehead atoms. The van der Waals surface area contributed by atoms with Gasteiger partial charge in [0.05, 0.1) is 24.2 Å². The molecule has 760 valence electrons. The fourth-order valence-electron chi connectivity index (χ4n) is 15.0. The number of carbonyl (C=O) groups excluding carboxylic acids is 19. The van der Waals surface area contributed by atoms with E-state index in [4.69, 9.17) is 17.2 Å². The molecule has 3 aromatic carbocycles. The summed E-state index contributed by atoms with van der Waals surface area (Å²) in [5.41, 5.74) is 13.9. The Hall–Kier alpha value is -13.3. The Morgan fingerprint density at radius 2 is 1.11 bits per heavy atom. The van der Waals surface area contributed by atoms with Gasteiger partial charge >= 0.3 is 5.97 Å². The maximum atomic E-state index is 15.5. The van der Waals surface area contributed by atoms with Crippen molar-refractivity contribution in [3.8, 4) is 5.75 Å². The van der Waals surface area contributed by atoms with Gasteiger partial charge in [-0.1, -0.05) is 127 Å². The number of rotatable bonds is 37. The highest BCUT2D eigenvalue weighted by Crippen LogP contribution is 2.26. The van der Waals surface area contributed by atoms with E-state index in [0.717, 1.165) is 0 Å². The summed E-state index contributed by atoms with van der Waals surface area (Å²) in [6, 6.07) is 3.00. The smallest absolute Gasteiger partial charge is 0.303 e. The number of para-hydroxylation sites is 1. The lowest BCUT2D eigenvalue weighted by Gasteiger charge is -2.34. The number of hydrogen-bond acceptors (Lipinski definition) is 23. The Kier molecular flexibility index (Phi) is 48.9. The molecule has 0 radical (unpaired) electrons.